The van der Waals surface area contributed by atoms with Crippen LogP contribution >= 0.6 is 11.8 Å². The summed E-state index contributed by atoms with van der Waals surface area (Å²) in [7, 11) is 0. The molecule has 5 heteroatoms. The van der Waals surface area contributed by atoms with Crippen LogP contribution in [0.2, 0.25) is 0 Å². The molecule has 0 saturated heterocycles. The van der Waals surface area contributed by atoms with E-state index < -0.39 is 0 Å². The molecule has 2 heterocycles. The molecule has 0 fully saturated rings. The topological polar surface area (TPSA) is 35.1 Å². The number of fused-ring (bicyclic) bond motifs is 3. The van der Waals surface area contributed by atoms with Crippen molar-refractivity contribution in [2.24, 2.45) is 0 Å². The second kappa shape index (κ2) is 3.52. The van der Waals surface area contributed by atoms with Crippen LogP contribution in [-0.2, 0) is 6.54 Å². The molecular formula is C11H12N4S. The van der Waals surface area contributed by atoms with E-state index >= 15 is 0 Å². The third kappa shape index (κ3) is 1.12. The Morgan fingerprint density at radius 3 is 2.62 bits per heavy atom. The lowest BCUT2D eigenvalue weighted by molar-refractivity contribution is 0.802. The highest BCUT2D eigenvalue weighted by molar-refractivity contribution is 7.98. The molecule has 1 aromatic carbocycles. The average molecular weight is 232 g/mol. The molecule has 82 valence electrons. The van der Waals surface area contributed by atoms with Crippen LogP contribution in [0.25, 0.3) is 16.8 Å². The first-order chi connectivity index (χ1) is 7.86. The molecule has 0 amide bonds. The standard InChI is InChI=1S/C11H12N4S/c1-3-14-8-6-4-5-7-9(8)15-10(14)12-13-11(15)16-2/h4-7H,3H2,1-2H3. The Morgan fingerprint density at radius 2 is 1.94 bits per heavy atom. The molecule has 0 unspecified atom stereocenters. The van der Waals surface area contributed by atoms with E-state index in [1.54, 1.807) is 11.8 Å². The van der Waals surface area contributed by atoms with Gasteiger partial charge in [0.15, 0.2) is 5.16 Å². The van der Waals surface area contributed by atoms with Crippen LogP contribution in [0.4, 0.5) is 0 Å². The van der Waals surface area contributed by atoms with E-state index in [0.29, 0.717) is 0 Å². The van der Waals surface area contributed by atoms with Crippen LogP contribution in [0.15, 0.2) is 29.4 Å². The first kappa shape index (κ1) is 9.72. The number of thioether (sulfide) groups is 1. The van der Waals surface area contributed by atoms with Gasteiger partial charge in [-0.3, -0.25) is 4.40 Å². The van der Waals surface area contributed by atoms with E-state index in [2.05, 4.69) is 44.3 Å². The first-order valence-corrected chi connectivity index (χ1v) is 6.45. The third-order valence-electron chi connectivity index (χ3n) is 2.77. The van der Waals surface area contributed by atoms with Crippen molar-refractivity contribution in [3.8, 4) is 0 Å². The van der Waals surface area contributed by atoms with E-state index in [1.165, 1.54) is 11.0 Å². The minimum Gasteiger partial charge on any atom is -0.309 e. The molecule has 3 aromatic rings. The molecule has 0 bridgehead atoms. The van der Waals surface area contributed by atoms with Gasteiger partial charge >= 0.3 is 0 Å². The zero-order chi connectivity index (χ0) is 11.1. The largest absolute Gasteiger partial charge is 0.309 e. The first-order valence-electron chi connectivity index (χ1n) is 5.23. The minimum absolute atomic E-state index is 0.906. The Labute approximate surface area is 97.3 Å². The van der Waals surface area contributed by atoms with E-state index in [1.807, 2.05) is 12.3 Å². The van der Waals surface area contributed by atoms with Crippen LogP contribution in [-0.4, -0.2) is 25.4 Å². The van der Waals surface area contributed by atoms with Crippen LogP contribution < -0.4 is 0 Å². The number of aryl methyl sites for hydroxylation is 1. The fourth-order valence-electron chi connectivity index (χ4n) is 2.08. The molecular weight excluding hydrogens is 220 g/mol. The van der Waals surface area contributed by atoms with E-state index in [4.69, 9.17) is 0 Å². The SMILES string of the molecule is CCn1c2ccccc2n2c(SC)nnc12. The van der Waals surface area contributed by atoms with Crippen molar-refractivity contribution in [3.63, 3.8) is 0 Å². The lowest BCUT2D eigenvalue weighted by Crippen LogP contribution is -1.94. The second-order valence-corrected chi connectivity index (χ2v) is 4.33. The Bertz CT molecular complexity index is 652. The van der Waals surface area contributed by atoms with E-state index in [9.17, 15) is 0 Å². The van der Waals surface area contributed by atoms with Crippen molar-refractivity contribution < 1.29 is 0 Å². The highest BCUT2D eigenvalue weighted by atomic mass is 32.2. The van der Waals surface area contributed by atoms with Gasteiger partial charge in [-0.1, -0.05) is 23.9 Å². The van der Waals surface area contributed by atoms with Gasteiger partial charge in [-0.25, -0.2) is 0 Å². The molecule has 0 spiro atoms. The molecule has 0 aliphatic rings. The van der Waals surface area contributed by atoms with Gasteiger partial charge in [0.25, 0.3) is 0 Å². The average Bonchev–Trinajstić information content (AvgIpc) is 2.86. The second-order valence-electron chi connectivity index (χ2n) is 3.56. The summed E-state index contributed by atoms with van der Waals surface area (Å²) >= 11 is 1.62. The molecule has 0 atom stereocenters. The zero-order valence-corrected chi connectivity index (χ0v) is 10.0. The van der Waals surface area contributed by atoms with Gasteiger partial charge in [-0.05, 0) is 25.3 Å². The monoisotopic (exact) mass is 232 g/mol. The number of rotatable bonds is 2. The summed E-state index contributed by atoms with van der Waals surface area (Å²) in [4.78, 5) is 0. The Balaban J connectivity index is 2.55. The number of imidazole rings is 1. The maximum absolute atomic E-state index is 4.25. The Hall–Kier alpha value is -1.49. The Kier molecular flexibility index (Phi) is 2.14. The molecule has 0 radical (unpaired) electrons. The van der Waals surface area contributed by atoms with Gasteiger partial charge in [0.2, 0.25) is 5.78 Å². The van der Waals surface area contributed by atoms with E-state index in [0.717, 1.165) is 17.5 Å². The highest BCUT2D eigenvalue weighted by Crippen LogP contribution is 2.24. The number of nitrogens with zero attached hydrogens (tertiary/aromatic N) is 4. The highest BCUT2D eigenvalue weighted by Gasteiger charge is 2.14. The minimum atomic E-state index is 0.906. The third-order valence-corrected chi connectivity index (χ3v) is 3.40. The molecule has 0 aliphatic carbocycles. The van der Waals surface area contributed by atoms with Gasteiger partial charge in [-0.15, -0.1) is 10.2 Å². The summed E-state index contributed by atoms with van der Waals surface area (Å²) in [6, 6.07) is 8.33. The maximum atomic E-state index is 4.25. The predicted octanol–water partition coefficient (Wildman–Crippen LogP) is 2.43. The van der Waals surface area contributed by atoms with Crippen LogP contribution in [0, 0.1) is 0 Å². The Morgan fingerprint density at radius 1 is 1.19 bits per heavy atom. The van der Waals surface area contributed by atoms with Gasteiger partial charge < -0.3 is 4.57 Å². The summed E-state index contributed by atoms with van der Waals surface area (Å²) in [5.41, 5.74) is 2.39. The molecule has 2 aromatic heterocycles. The van der Waals surface area contributed by atoms with Crippen molar-refractivity contribution in [3.05, 3.63) is 24.3 Å². The summed E-state index contributed by atoms with van der Waals surface area (Å²) in [5.74, 6) is 0.924. The summed E-state index contributed by atoms with van der Waals surface area (Å²) in [5, 5.41) is 9.38. The summed E-state index contributed by atoms with van der Waals surface area (Å²) in [6.07, 6.45) is 2.02. The van der Waals surface area contributed by atoms with Gasteiger partial charge in [0.1, 0.15) is 0 Å². The number of aromatic nitrogens is 4. The number of para-hydroxylation sites is 2. The van der Waals surface area contributed by atoms with Crippen LogP contribution in [0.5, 0.6) is 0 Å². The molecule has 0 N–H and O–H groups in total. The van der Waals surface area contributed by atoms with Gasteiger partial charge in [0.05, 0.1) is 11.0 Å². The lowest BCUT2D eigenvalue weighted by atomic mass is 10.3. The smallest absolute Gasteiger partial charge is 0.237 e. The summed E-state index contributed by atoms with van der Waals surface area (Å²) < 4.78 is 4.30. The zero-order valence-electron chi connectivity index (χ0n) is 9.21. The number of hydrogen-bond acceptors (Lipinski definition) is 3. The number of hydrogen-bond donors (Lipinski definition) is 0. The fourth-order valence-corrected chi connectivity index (χ4v) is 2.57. The molecule has 3 rings (SSSR count). The van der Waals surface area contributed by atoms with Crippen LogP contribution in [0.3, 0.4) is 0 Å². The van der Waals surface area contributed by atoms with E-state index in [-0.39, 0.29) is 0 Å². The van der Waals surface area contributed by atoms with Crippen LogP contribution in [0.1, 0.15) is 6.92 Å². The van der Waals surface area contributed by atoms with Crippen molar-refractivity contribution in [2.45, 2.75) is 18.6 Å². The summed E-state index contributed by atoms with van der Waals surface area (Å²) in [6.45, 7) is 3.03. The van der Waals surface area contributed by atoms with Crippen molar-refractivity contribution >= 4 is 28.6 Å². The normalized spacial score (nSPS) is 11.6. The quantitative estimate of drug-likeness (QED) is 0.636. The fraction of sp³-hybridized carbons (Fsp3) is 0.273. The van der Waals surface area contributed by atoms with Gasteiger partial charge in [0, 0.05) is 6.54 Å². The lowest BCUT2D eigenvalue weighted by Gasteiger charge is -1.97. The molecule has 4 nitrogen and oxygen atoms in total. The van der Waals surface area contributed by atoms with Crippen molar-refractivity contribution in [1.82, 2.24) is 19.2 Å². The van der Waals surface area contributed by atoms with Crippen molar-refractivity contribution in [2.75, 3.05) is 6.26 Å². The molecule has 0 aliphatic heterocycles. The molecule has 0 saturated carbocycles. The molecule has 16 heavy (non-hydrogen) atoms. The maximum Gasteiger partial charge on any atom is 0.237 e. The predicted molar refractivity (Wildman–Crippen MR) is 65.9 cm³/mol. The van der Waals surface area contributed by atoms with Crippen molar-refractivity contribution in [1.29, 1.82) is 0 Å². The van der Waals surface area contributed by atoms with Gasteiger partial charge in [-0.2, -0.15) is 0 Å². The number of benzene rings is 1.